The summed E-state index contributed by atoms with van der Waals surface area (Å²) in [5, 5.41) is 13.8. The molecule has 0 atom stereocenters. The van der Waals surface area contributed by atoms with Gasteiger partial charge in [0.1, 0.15) is 5.82 Å². The number of halogens is 2. The Hall–Kier alpha value is -1.99. The van der Waals surface area contributed by atoms with E-state index in [2.05, 4.69) is 20.8 Å². The zero-order chi connectivity index (χ0) is 14.4. The Balaban J connectivity index is 0.00000220. The van der Waals surface area contributed by atoms with Crippen LogP contribution in [0.3, 0.4) is 0 Å². The third-order valence-electron chi connectivity index (χ3n) is 2.67. The van der Waals surface area contributed by atoms with Gasteiger partial charge in [-0.25, -0.2) is 4.39 Å². The van der Waals surface area contributed by atoms with E-state index in [1.54, 1.807) is 12.1 Å². The van der Waals surface area contributed by atoms with Gasteiger partial charge in [0, 0.05) is 6.54 Å². The topological polar surface area (TPSA) is 71.8 Å². The first-order valence-corrected chi connectivity index (χ1v) is 6.32. The van der Waals surface area contributed by atoms with Crippen LogP contribution in [0, 0.1) is 5.82 Å². The Morgan fingerprint density at radius 3 is 2.67 bits per heavy atom. The standard InChI is InChI=1S/C13H16FN5O.ClH/c1-15-7-2-8-16-13(20)12-9-17-19(18-12)11-5-3-10(14)4-6-11;/h3-6,9,15H,2,7-8H2,1H3,(H,16,20);1H. The maximum atomic E-state index is 12.8. The van der Waals surface area contributed by atoms with Crippen LogP contribution >= 0.6 is 12.4 Å². The van der Waals surface area contributed by atoms with Crippen LogP contribution in [0.1, 0.15) is 16.9 Å². The highest BCUT2D eigenvalue weighted by atomic mass is 35.5. The summed E-state index contributed by atoms with van der Waals surface area (Å²) >= 11 is 0. The molecule has 0 fully saturated rings. The van der Waals surface area contributed by atoms with Crippen molar-refractivity contribution in [3.8, 4) is 5.69 Å². The Morgan fingerprint density at radius 1 is 1.29 bits per heavy atom. The normalized spacial score (nSPS) is 10.0. The highest BCUT2D eigenvalue weighted by Crippen LogP contribution is 2.06. The van der Waals surface area contributed by atoms with Crippen LogP contribution in [-0.2, 0) is 0 Å². The van der Waals surface area contributed by atoms with Gasteiger partial charge in [-0.05, 0) is 44.3 Å². The van der Waals surface area contributed by atoms with Crippen LogP contribution in [0.2, 0.25) is 0 Å². The average molecular weight is 314 g/mol. The van der Waals surface area contributed by atoms with Gasteiger partial charge in [0.2, 0.25) is 0 Å². The molecule has 1 aromatic heterocycles. The van der Waals surface area contributed by atoms with Crippen molar-refractivity contribution in [3.05, 3.63) is 42.0 Å². The Bertz CT molecular complexity index is 572. The monoisotopic (exact) mass is 313 g/mol. The number of nitrogens with one attached hydrogen (secondary N) is 2. The fourth-order valence-electron chi connectivity index (χ4n) is 1.62. The van der Waals surface area contributed by atoms with Gasteiger partial charge in [-0.2, -0.15) is 9.90 Å². The van der Waals surface area contributed by atoms with Gasteiger partial charge in [0.05, 0.1) is 11.9 Å². The van der Waals surface area contributed by atoms with E-state index in [0.29, 0.717) is 12.2 Å². The minimum Gasteiger partial charge on any atom is -0.351 e. The molecule has 8 heteroatoms. The highest BCUT2D eigenvalue weighted by molar-refractivity contribution is 5.91. The summed E-state index contributed by atoms with van der Waals surface area (Å²) in [4.78, 5) is 13.1. The molecule has 0 radical (unpaired) electrons. The zero-order valence-corrected chi connectivity index (χ0v) is 12.4. The predicted octanol–water partition coefficient (Wildman–Crippen LogP) is 1.17. The number of carbonyl (C=O) groups is 1. The lowest BCUT2D eigenvalue weighted by molar-refractivity contribution is 0.0948. The van der Waals surface area contributed by atoms with Crippen LogP contribution in [0.4, 0.5) is 4.39 Å². The van der Waals surface area contributed by atoms with E-state index in [0.717, 1.165) is 13.0 Å². The molecule has 0 bridgehead atoms. The van der Waals surface area contributed by atoms with Gasteiger partial charge in [-0.15, -0.1) is 17.5 Å². The molecule has 0 aliphatic rings. The van der Waals surface area contributed by atoms with Crippen molar-refractivity contribution < 1.29 is 9.18 Å². The van der Waals surface area contributed by atoms with Gasteiger partial charge in [0.15, 0.2) is 5.69 Å². The van der Waals surface area contributed by atoms with E-state index < -0.39 is 0 Å². The van der Waals surface area contributed by atoms with E-state index >= 15 is 0 Å². The third-order valence-corrected chi connectivity index (χ3v) is 2.67. The molecule has 0 saturated heterocycles. The first-order chi connectivity index (χ1) is 9.70. The van der Waals surface area contributed by atoms with Crippen LogP contribution in [0.15, 0.2) is 30.5 Å². The summed E-state index contributed by atoms with van der Waals surface area (Å²) < 4.78 is 12.8. The molecule has 0 aliphatic heterocycles. The lowest BCUT2D eigenvalue weighted by Crippen LogP contribution is -2.27. The maximum absolute atomic E-state index is 12.8. The Morgan fingerprint density at radius 2 is 2.00 bits per heavy atom. The smallest absolute Gasteiger partial charge is 0.273 e. The van der Waals surface area contributed by atoms with Crippen molar-refractivity contribution in [1.29, 1.82) is 0 Å². The zero-order valence-electron chi connectivity index (χ0n) is 11.5. The van der Waals surface area contributed by atoms with Gasteiger partial charge in [-0.3, -0.25) is 4.79 Å². The van der Waals surface area contributed by atoms with Crippen molar-refractivity contribution >= 4 is 18.3 Å². The van der Waals surface area contributed by atoms with Crippen LogP contribution in [-0.4, -0.2) is 41.0 Å². The lowest BCUT2D eigenvalue weighted by atomic mass is 10.3. The van der Waals surface area contributed by atoms with Crippen molar-refractivity contribution in [2.45, 2.75) is 6.42 Å². The average Bonchev–Trinajstić information content (AvgIpc) is 2.94. The molecule has 2 N–H and O–H groups in total. The first-order valence-electron chi connectivity index (χ1n) is 6.32. The number of carbonyl (C=O) groups excluding carboxylic acids is 1. The van der Waals surface area contributed by atoms with E-state index in [1.165, 1.54) is 23.1 Å². The van der Waals surface area contributed by atoms with E-state index in [-0.39, 0.29) is 29.8 Å². The molecule has 0 aliphatic carbocycles. The molecule has 1 amide bonds. The Labute approximate surface area is 128 Å². The molecule has 2 rings (SSSR count). The number of hydrogen-bond donors (Lipinski definition) is 2. The molecule has 2 aromatic rings. The SMILES string of the molecule is CNCCCNC(=O)c1cnn(-c2ccc(F)cc2)n1.Cl. The molecule has 1 aromatic carbocycles. The van der Waals surface area contributed by atoms with Gasteiger partial charge in [0.25, 0.3) is 5.91 Å². The van der Waals surface area contributed by atoms with E-state index in [1.807, 2.05) is 7.05 Å². The molecular formula is C13H17ClFN5O. The molecule has 21 heavy (non-hydrogen) atoms. The molecule has 0 unspecified atom stereocenters. The first kappa shape index (κ1) is 17.1. The highest BCUT2D eigenvalue weighted by Gasteiger charge is 2.10. The van der Waals surface area contributed by atoms with Crippen LogP contribution < -0.4 is 10.6 Å². The Kier molecular flexibility index (Phi) is 6.77. The second-order valence-corrected chi connectivity index (χ2v) is 4.21. The van der Waals surface area contributed by atoms with Crippen molar-refractivity contribution in [3.63, 3.8) is 0 Å². The maximum Gasteiger partial charge on any atom is 0.273 e. The second-order valence-electron chi connectivity index (χ2n) is 4.21. The summed E-state index contributed by atoms with van der Waals surface area (Å²) in [6, 6.07) is 5.72. The number of amides is 1. The second kappa shape index (κ2) is 8.33. The molecule has 114 valence electrons. The number of nitrogens with zero attached hydrogens (tertiary/aromatic N) is 3. The predicted molar refractivity (Wildman–Crippen MR) is 79.4 cm³/mol. The summed E-state index contributed by atoms with van der Waals surface area (Å²) in [6.45, 7) is 1.41. The van der Waals surface area contributed by atoms with Gasteiger partial charge >= 0.3 is 0 Å². The molecule has 1 heterocycles. The quantitative estimate of drug-likeness (QED) is 0.785. The number of hydrogen-bond acceptors (Lipinski definition) is 4. The number of rotatable bonds is 6. The third kappa shape index (κ3) is 4.80. The van der Waals surface area contributed by atoms with Gasteiger partial charge < -0.3 is 10.6 Å². The fourth-order valence-corrected chi connectivity index (χ4v) is 1.62. The summed E-state index contributed by atoms with van der Waals surface area (Å²) in [7, 11) is 1.86. The largest absolute Gasteiger partial charge is 0.351 e. The fraction of sp³-hybridized carbons (Fsp3) is 0.308. The van der Waals surface area contributed by atoms with Crippen molar-refractivity contribution in [2.24, 2.45) is 0 Å². The van der Waals surface area contributed by atoms with E-state index in [4.69, 9.17) is 0 Å². The van der Waals surface area contributed by atoms with E-state index in [9.17, 15) is 9.18 Å². The number of benzene rings is 1. The lowest BCUT2D eigenvalue weighted by Gasteiger charge is -2.02. The van der Waals surface area contributed by atoms with Crippen LogP contribution in [0.5, 0.6) is 0 Å². The summed E-state index contributed by atoms with van der Waals surface area (Å²) in [6.07, 6.45) is 2.23. The summed E-state index contributed by atoms with van der Waals surface area (Å²) in [5.41, 5.74) is 0.833. The molecular weight excluding hydrogens is 297 g/mol. The molecule has 0 spiro atoms. The summed E-state index contributed by atoms with van der Waals surface area (Å²) in [5.74, 6) is -0.599. The minimum absolute atomic E-state index is 0. The minimum atomic E-state index is -0.330. The van der Waals surface area contributed by atoms with Crippen molar-refractivity contribution in [1.82, 2.24) is 25.6 Å². The van der Waals surface area contributed by atoms with Gasteiger partial charge in [-0.1, -0.05) is 0 Å². The number of aromatic nitrogens is 3. The van der Waals surface area contributed by atoms with Crippen molar-refractivity contribution in [2.75, 3.05) is 20.1 Å². The molecule has 6 nitrogen and oxygen atoms in total. The molecule has 0 saturated carbocycles. The van der Waals surface area contributed by atoms with Crippen LogP contribution in [0.25, 0.3) is 5.69 Å².